The molecule has 0 fully saturated rings. The first-order valence-corrected chi connectivity index (χ1v) is 5.17. The van der Waals surface area contributed by atoms with Crippen molar-refractivity contribution in [2.45, 2.75) is 32.7 Å². The molecule has 1 N–H and O–H groups in total. The maximum absolute atomic E-state index is 11.4. The highest BCUT2D eigenvalue weighted by molar-refractivity contribution is 5.76. The molecule has 0 aromatic carbocycles. The number of hydrogen-bond donors (Lipinski definition) is 1. The van der Waals surface area contributed by atoms with Gasteiger partial charge in [-0.15, -0.1) is 0 Å². The molecule has 1 heterocycles. The van der Waals surface area contributed by atoms with Gasteiger partial charge in [0.1, 0.15) is 5.54 Å². The predicted octanol–water partition coefficient (Wildman–Crippen LogP) is 1.34. The average Bonchev–Trinajstić information content (AvgIpc) is 2.56. The summed E-state index contributed by atoms with van der Waals surface area (Å²) in [5.74, 6) is -0.870. The first-order chi connectivity index (χ1) is 7.43. The smallest absolute Gasteiger partial charge is 0.329 e. The van der Waals surface area contributed by atoms with Gasteiger partial charge in [-0.25, -0.2) is 9.78 Å². The molecule has 16 heavy (non-hydrogen) atoms. The molecular formula is C11H18N2O3. The molecule has 0 amide bonds. The predicted molar refractivity (Wildman–Crippen MR) is 59.5 cm³/mol. The molecule has 1 unspecified atom stereocenters. The number of rotatable bonds is 5. The minimum absolute atomic E-state index is 0.402. The monoisotopic (exact) mass is 226 g/mol. The summed E-state index contributed by atoms with van der Waals surface area (Å²) >= 11 is 0. The lowest BCUT2D eigenvalue weighted by Crippen LogP contribution is -2.40. The summed E-state index contributed by atoms with van der Waals surface area (Å²) in [5, 5.41) is 9.34. The number of methoxy groups -OCH3 is 1. The van der Waals surface area contributed by atoms with Crippen LogP contribution < -0.4 is 0 Å². The third kappa shape index (κ3) is 2.09. The average molecular weight is 226 g/mol. The summed E-state index contributed by atoms with van der Waals surface area (Å²) in [6.07, 6.45) is 1.99. The number of hydrogen-bond acceptors (Lipinski definition) is 3. The second-order valence-electron chi connectivity index (χ2n) is 4.11. The molecule has 1 aromatic heterocycles. The summed E-state index contributed by atoms with van der Waals surface area (Å²) < 4.78 is 6.66. The van der Waals surface area contributed by atoms with Gasteiger partial charge < -0.3 is 14.4 Å². The molecule has 0 aliphatic carbocycles. The Balaban J connectivity index is 3.11. The van der Waals surface area contributed by atoms with Crippen LogP contribution >= 0.6 is 0 Å². The van der Waals surface area contributed by atoms with E-state index < -0.39 is 11.5 Å². The Labute approximate surface area is 95.1 Å². The first-order valence-electron chi connectivity index (χ1n) is 5.17. The van der Waals surface area contributed by atoms with Crippen molar-refractivity contribution in [3.8, 4) is 0 Å². The van der Waals surface area contributed by atoms with E-state index in [9.17, 15) is 9.90 Å². The van der Waals surface area contributed by atoms with Crippen molar-refractivity contribution in [3.05, 3.63) is 17.7 Å². The van der Waals surface area contributed by atoms with Crippen LogP contribution in [0.15, 0.2) is 6.33 Å². The summed E-state index contributed by atoms with van der Waals surface area (Å²) in [6, 6.07) is 0. The van der Waals surface area contributed by atoms with Gasteiger partial charge in [-0.05, 0) is 20.8 Å². The van der Waals surface area contributed by atoms with Gasteiger partial charge in [0.15, 0.2) is 0 Å². The van der Waals surface area contributed by atoms with E-state index >= 15 is 0 Å². The lowest BCUT2D eigenvalue weighted by atomic mass is 9.97. The molecular weight excluding hydrogens is 208 g/mol. The fourth-order valence-corrected chi connectivity index (χ4v) is 1.63. The van der Waals surface area contributed by atoms with E-state index in [4.69, 9.17) is 4.74 Å². The molecule has 1 rings (SSSR count). The molecule has 5 heteroatoms. The van der Waals surface area contributed by atoms with E-state index in [1.165, 1.54) is 0 Å². The largest absolute Gasteiger partial charge is 0.479 e. The van der Waals surface area contributed by atoms with Crippen molar-refractivity contribution >= 4 is 5.97 Å². The molecule has 0 aliphatic heterocycles. The van der Waals surface area contributed by atoms with Gasteiger partial charge in [0, 0.05) is 25.8 Å². The number of aryl methyl sites for hydroxylation is 1. The van der Waals surface area contributed by atoms with E-state index in [1.54, 1.807) is 24.9 Å². The van der Waals surface area contributed by atoms with Gasteiger partial charge in [-0.3, -0.25) is 0 Å². The Bertz CT molecular complexity index is 387. The van der Waals surface area contributed by atoms with E-state index in [0.717, 1.165) is 11.4 Å². The zero-order chi connectivity index (χ0) is 12.3. The Hall–Kier alpha value is -1.36. The summed E-state index contributed by atoms with van der Waals surface area (Å²) in [5.41, 5.74) is 0.729. The lowest BCUT2D eigenvalue weighted by Gasteiger charge is -2.27. The topological polar surface area (TPSA) is 64.3 Å². The molecule has 1 aromatic rings. The van der Waals surface area contributed by atoms with Crippen molar-refractivity contribution in [1.82, 2.24) is 9.55 Å². The molecule has 0 aliphatic rings. The van der Waals surface area contributed by atoms with E-state index in [0.29, 0.717) is 13.0 Å². The zero-order valence-electron chi connectivity index (χ0n) is 10.1. The molecule has 5 nitrogen and oxygen atoms in total. The number of carbonyl (C=O) groups is 1. The fourth-order valence-electron chi connectivity index (χ4n) is 1.63. The van der Waals surface area contributed by atoms with Gasteiger partial charge in [0.25, 0.3) is 0 Å². The zero-order valence-corrected chi connectivity index (χ0v) is 10.1. The van der Waals surface area contributed by atoms with Crippen LogP contribution in [-0.2, 0) is 15.1 Å². The highest BCUT2D eigenvalue weighted by Gasteiger charge is 2.36. The maximum Gasteiger partial charge on any atom is 0.329 e. The standard InChI is InChI=1S/C11H18N2O3/c1-8-9(2)13(7-12-8)11(3,10(14)15)5-6-16-4/h7H,5-6H2,1-4H3,(H,14,15). The second kappa shape index (κ2) is 4.65. The van der Waals surface area contributed by atoms with E-state index in [2.05, 4.69) is 4.98 Å². The molecule has 0 radical (unpaired) electrons. The number of aliphatic carboxylic acids is 1. The second-order valence-corrected chi connectivity index (χ2v) is 4.11. The molecule has 0 saturated carbocycles. The SMILES string of the molecule is COCCC(C)(C(=O)O)n1cnc(C)c1C. The molecule has 0 bridgehead atoms. The van der Waals surface area contributed by atoms with Crippen LogP contribution in [0.4, 0.5) is 0 Å². The number of nitrogens with zero attached hydrogens (tertiary/aromatic N) is 2. The summed E-state index contributed by atoms with van der Waals surface area (Å²) in [4.78, 5) is 15.5. The highest BCUT2D eigenvalue weighted by Crippen LogP contribution is 2.24. The van der Waals surface area contributed by atoms with Crippen molar-refractivity contribution in [3.63, 3.8) is 0 Å². The van der Waals surface area contributed by atoms with Crippen LogP contribution in [0.3, 0.4) is 0 Å². The minimum atomic E-state index is -0.999. The summed E-state index contributed by atoms with van der Waals surface area (Å²) in [6.45, 7) is 5.82. The van der Waals surface area contributed by atoms with Crippen molar-refractivity contribution in [1.29, 1.82) is 0 Å². The van der Waals surface area contributed by atoms with Crippen LogP contribution in [-0.4, -0.2) is 34.3 Å². The molecule has 90 valence electrons. The number of imidazole rings is 1. The van der Waals surface area contributed by atoms with Crippen LogP contribution in [0.25, 0.3) is 0 Å². The van der Waals surface area contributed by atoms with Crippen LogP contribution in [0.2, 0.25) is 0 Å². The van der Waals surface area contributed by atoms with Gasteiger partial charge in [0.05, 0.1) is 12.0 Å². The Morgan fingerprint density at radius 1 is 1.62 bits per heavy atom. The third-order valence-corrected chi connectivity index (χ3v) is 3.04. The number of ether oxygens (including phenoxy) is 1. The van der Waals surface area contributed by atoms with Crippen LogP contribution in [0.1, 0.15) is 24.7 Å². The fraction of sp³-hybridized carbons (Fsp3) is 0.636. The summed E-state index contributed by atoms with van der Waals surface area (Å²) in [7, 11) is 1.56. The van der Waals surface area contributed by atoms with E-state index in [-0.39, 0.29) is 0 Å². The first kappa shape index (κ1) is 12.7. The minimum Gasteiger partial charge on any atom is -0.479 e. The molecule has 1 atom stereocenters. The quantitative estimate of drug-likeness (QED) is 0.822. The third-order valence-electron chi connectivity index (χ3n) is 3.04. The Morgan fingerprint density at radius 3 is 2.62 bits per heavy atom. The van der Waals surface area contributed by atoms with Gasteiger partial charge in [-0.2, -0.15) is 0 Å². The van der Waals surface area contributed by atoms with Crippen LogP contribution in [0, 0.1) is 13.8 Å². The molecule has 0 saturated heterocycles. The maximum atomic E-state index is 11.4. The molecule has 0 spiro atoms. The number of aromatic nitrogens is 2. The number of carboxylic acids is 1. The van der Waals surface area contributed by atoms with Crippen molar-refractivity contribution < 1.29 is 14.6 Å². The van der Waals surface area contributed by atoms with Gasteiger partial charge in [0.2, 0.25) is 0 Å². The highest BCUT2D eigenvalue weighted by atomic mass is 16.5. The van der Waals surface area contributed by atoms with Crippen molar-refractivity contribution in [2.24, 2.45) is 0 Å². The van der Waals surface area contributed by atoms with Crippen molar-refractivity contribution in [2.75, 3.05) is 13.7 Å². The van der Waals surface area contributed by atoms with E-state index in [1.807, 2.05) is 13.8 Å². The Morgan fingerprint density at radius 2 is 2.25 bits per heavy atom. The number of carboxylic acid groups (broad SMARTS) is 1. The lowest BCUT2D eigenvalue weighted by molar-refractivity contribution is -0.147. The van der Waals surface area contributed by atoms with Gasteiger partial charge >= 0.3 is 5.97 Å². The van der Waals surface area contributed by atoms with Crippen LogP contribution in [0.5, 0.6) is 0 Å². The normalized spacial score (nSPS) is 14.8. The van der Waals surface area contributed by atoms with Gasteiger partial charge in [-0.1, -0.05) is 0 Å². The Kier molecular flexibility index (Phi) is 3.70.